The summed E-state index contributed by atoms with van der Waals surface area (Å²) in [4.78, 5) is 14.7. The zero-order valence-corrected chi connectivity index (χ0v) is 15.1. The number of hydrogen-bond acceptors (Lipinski definition) is 4. The van der Waals surface area contributed by atoms with Crippen molar-refractivity contribution in [1.29, 1.82) is 0 Å². The summed E-state index contributed by atoms with van der Waals surface area (Å²) in [5, 5.41) is 11.0. The van der Waals surface area contributed by atoms with Crippen molar-refractivity contribution in [2.75, 3.05) is 25.0 Å². The SMILES string of the molecule is CC(C)c1ccccc1NC(=O)CN1CCC(Cn2ccnn2)CC1. The molecular weight excluding hydrogens is 314 g/mol. The molecule has 0 atom stereocenters. The Morgan fingerprint density at radius 2 is 2.04 bits per heavy atom. The summed E-state index contributed by atoms with van der Waals surface area (Å²) in [6, 6.07) is 8.05. The first kappa shape index (κ1) is 17.6. The van der Waals surface area contributed by atoms with E-state index in [1.54, 1.807) is 6.20 Å². The first-order valence-electron chi connectivity index (χ1n) is 9.07. The fourth-order valence-electron chi connectivity index (χ4n) is 3.43. The van der Waals surface area contributed by atoms with E-state index in [1.807, 2.05) is 29.1 Å². The lowest BCUT2D eigenvalue weighted by Crippen LogP contribution is -2.40. The zero-order valence-electron chi connectivity index (χ0n) is 15.1. The van der Waals surface area contributed by atoms with Crippen molar-refractivity contribution in [2.24, 2.45) is 5.92 Å². The number of nitrogens with one attached hydrogen (secondary N) is 1. The molecule has 0 aliphatic carbocycles. The van der Waals surface area contributed by atoms with E-state index >= 15 is 0 Å². The number of likely N-dealkylation sites (tertiary alicyclic amines) is 1. The van der Waals surface area contributed by atoms with E-state index in [0.29, 0.717) is 18.4 Å². The molecule has 1 aliphatic rings. The molecule has 1 aromatic carbocycles. The second-order valence-corrected chi connectivity index (χ2v) is 7.13. The molecule has 1 aromatic heterocycles. The van der Waals surface area contributed by atoms with Gasteiger partial charge in [-0.1, -0.05) is 37.3 Å². The van der Waals surface area contributed by atoms with E-state index in [4.69, 9.17) is 0 Å². The molecule has 6 nitrogen and oxygen atoms in total. The van der Waals surface area contributed by atoms with Crippen molar-refractivity contribution in [3.05, 3.63) is 42.2 Å². The smallest absolute Gasteiger partial charge is 0.238 e. The molecule has 6 heteroatoms. The second kappa shape index (κ2) is 8.25. The molecule has 1 amide bonds. The fourth-order valence-corrected chi connectivity index (χ4v) is 3.43. The summed E-state index contributed by atoms with van der Waals surface area (Å²) in [5.41, 5.74) is 2.12. The largest absolute Gasteiger partial charge is 0.325 e. The lowest BCUT2D eigenvalue weighted by molar-refractivity contribution is -0.117. The van der Waals surface area contributed by atoms with Gasteiger partial charge >= 0.3 is 0 Å². The van der Waals surface area contributed by atoms with Gasteiger partial charge in [0, 0.05) is 18.4 Å². The van der Waals surface area contributed by atoms with Crippen LogP contribution in [0.3, 0.4) is 0 Å². The van der Waals surface area contributed by atoms with Crippen LogP contribution >= 0.6 is 0 Å². The Morgan fingerprint density at radius 3 is 2.72 bits per heavy atom. The van der Waals surface area contributed by atoms with Crippen LogP contribution in [0, 0.1) is 5.92 Å². The Labute approximate surface area is 149 Å². The van der Waals surface area contributed by atoms with Gasteiger partial charge in [-0.25, -0.2) is 0 Å². The highest BCUT2D eigenvalue weighted by atomic mass is 16.2. The number of hydrogen-bond donors (Lipinski definition) is 1. The molecule has 2 aromatic rings. The maximum atomic E-state index is 12.4. The van der Waals surface area contributed by atoms with Crippen LogP contribution in [0.5, 0.6) is 0 Å². The Kier molecular flexibility index (Phi) is 5.81. The maximum Gasteiger partial charge on any atom is 0.238 e. The van der Waals surface area contributed by atoms with Crippen LogP contribution < -0.4 is 5.32 Å². The molecule has 0 radical (unpaired) electrons. The third kappa shape index (κ3) is 4.89. The monoisotopic (exact) mass is 341 g/mol. The van der Waals surface area contributed by atoms with Gasteiger partial charge in [0.25, 0.3) is 0 Å². The number of carbonyl (C=O) groups is 1. The highest BCUT2D eigenvalue weighted by molar-refractivity contribution is 5.93. The van der Waals surface area contributed by atoms with Crippen LogP contribution in [0.25, 0.3) is 0 Å². The number of nitrogens with zero attached hydrogens (tertiary/aromatic N) is 4. The first-order chi connectivity index (χ1) is 12.1. The standard InChI is InChI=1S/C19H27N5O/c1-15(2)17-5-3-4-6-18(17)21-19(25)14-23-10-7-16(8-11-23)13-24-12-9-20-22-24/h3-6,9,12,15-16H,7-8,10-11,13-14H2,1-2H3,(H,21,25). The number of para-hydroxylation sites is 1. The molecular formula is C19H27N5O. The van der Waals surface area contributed by atoms with E-state index in [0.717, 1.165) is 38.2 Å². The number of aromatic nitrogens is 3. The van der Waals surface area contributed by atoms with Gasteiger partial charge in [0.05, 0.1) is 12.7 Å². The van der Waals surface area contributed by atoms with Gasteiger partial charge in [0.1, 0.15) is 0 Å². The van der Waals surface area contributed by atoms with Gasteiger partial charge in [-0.2, -0.15) is 0 Å². The molecule has 0 bridgehead atoms. The Hall–Kier alpha value is -2.21. The van der Waals surface area contributed by atoms with Crippen molar-refractivity contribution in [3.63, 3.8) is 0 Å². The number of amides is 1. The molecule has 1 saturated heterocycles. The van der Waals surface area contributed by atoms with Crippen LogP contribution in [0.1, 0.15) is 38.2 Å². The fraction of sp³-hybridized carbons (Fsp3) is 0.526. The highest BCUT2D eigenvalue weighted by Gasteiger charge is 2.21. The van der Waals surface area contributed by atoms with Crippen molar-refractivity contribution in [1.82, 2.24) is 19.9 Å². The van der Waals surface area contributed by atoms with Gasteiger partial charge in [0.2, 0.25) is 5.91 Å². The summed E-state index contributed by atoms with van der Waals surface area (Å²) in [6.07, 6.45) is 5.81. The van der Waals surface area contributed by atoms with Gasteiger partial charge in [0.15, 0.2) is 0 Å². The van der Waals surface area contributed by atoms with Crippen molar-refractivity contribution in [3.8, 4) is 0 Å². The Balaban J connectivity index is 1.46. The molecule has 0 unspecified atom stereocenters. The topological polar surface area (TPSA) is 63.1 Å². The van der Waals surface area contributed by atoms with Gasteiger partial charge in [-0.05, 0) is 49.4 Å². The van der Waals surface area contributed by atoms with E-state index in [2.05, 4.69) is 40.4 Å². The minimum absolute atomic E-state index is 0.0721. The third-order valence-electron chi connectivity index (χ3n) is 4.85. The molecule has 1 fully saturated rings. The Bertz CT molecular complexity index is 675. The predicted octanol–water partition coefficient (Wildman–Crippen LogP) is 2.75. The van der Waals surface area contributed by atoms with Crippen LogP contribution in [-0.4, -0.2) is 45.4 Å². The molecule has 2 heterocycles. The number of benzene rings is 1. The number of carbonyl (C=O) groups excluding carboxylic acids is 1. The molecule has 25 heavy (non-hydrogen) atoms. The lowest BCUT2D eigenvalue weighted by atomic mass is 9.97. The zero-order chi connectivity index (χ0) is 17.6. The first-order valence-corrected chi connectivity index (χ1v) is 9.07. The highest BCUT2D eigenvalue weighted by Crippen LogP contribution is 2.24. The van der Waals surface area contributed by atoms with Gasteiger partial charge in [-0.3, -0.25) is 14.4 Å². The normalized spacial score (nSPS) is 16.3. The minimum atomic E-state index is 0.0721. The quantitative estimate of drug-likeness (QED) is 0.877. The second-order valence-electron chi connectivity index (χ2n) is 7.13. The van der Waals surface area contributed by atoms with E-state index < -0.39 is 0 Å². The minimum Gasteiger partial charge on any atom is -0.325 e. The van der Waals surface area contributed by atoms with Crippen molar-refractivity contribution in [2.45, 2.75) is 39.2 Å². The number of anilines is 1. The average Bonchev–Trinajstić information content (AvgIpc) is 3.10. The molecule has 1 aliphatic heterocycles. The average molecular weight is 341 g/mol. The van der Waals surface area contributed by atoms with Crippen LogP contribution in [0.4, 0.5) is 5.69 Å². The van der Waals surface area contributed by atoms with Crippen LogP contribution in [-0.2, 0) is 11.3 Å². The number of piperidine rings is 1. The summed E-state index contributed by atoms with van der Waals surface area (Å²) in [6.45, 7) is 7.58. The third-order valence-corrected chi connectivity index (χ3v) is 4.85. The summed E-state index contributed by atoms with van der Waals surface area (Å²) in [5.74, 6) is 1.08. The molecule has 1 N–H and O–H groups in total. The molecule has 134 valence electrons. The molecule has 0 spiro atoms. The summed E-state index contributed by atoms with van der Waals surface area (Å²) >= 11 is 0. The molecule has 3 rings (SSSR count). The maximum absolute atomic E-state index is 12.4. The van der Waals surface area contributed by atoms with Crippen LogP contribution in [0.2, 0.25) is 0 Å². The summed E-state index contributed by atoms with van der Waals surface area (Å²) in [7, 11) is 0. The van der Waals surface area contributed by atoms with E-state index in [1.165, 1.54) is 5.56 Å². The summed E-state index contributed by atoms with van der Waals surface area (Å²) < 4.78 is 1.90. The van der Waals surface area contributed by atoms with E-state index in [-0.39, 0.29) is 5.91 Å². The molecule has 0 saturated carbocycles. The van der Waals surface area contributed by atoms with Crippen molar-refractivity contribution >= 4 is 11.6 Å². The van der Waals surface area contributed by atoms with Crippen molar-refractivity contribution < 1.29 is 4.79 Å². The van der Waals surface area contributed by atoms with Gasteiger partial charge < -0.3 is 5.32 Å². The van der Waals surface area contributed by atoms with Gasteiger partial charge in [-0.15, -0.1) is 5.10 Å². The van der Waals surface area contributed by atoms with E-state index in [9.17, 15) is 4.79 Å². The Morgan fingerprint density at radius 1 is 1.28 bits per heavy atom. The van der Waals surface area contributed by atoms with Crippen LogP contribution in [0.15, 0.2) is 36.7 Å². The predicted molar refractivity (Wildman–Crippen MR) is 98.3 cm³/mol. The number of rotatable bonds is 6. The lowest BCUT2D eigenvalue weighted by Gasteiger charge is -2.31.